The van der Waals surface area contributed by atoms with Gasteiger partial charge in [-0.2, -0.15) is 0 Å². The molecule has 0 aromatic heterocycles. The van der Waals surface area contributed by atoms with Crippen LogP contribution >= 0.6 is 0 Å². The van der Waals surface area contributed by atoms with E-state index in [4.69, 9.17) is 5.11 Å². The molecule has 1 atom stereocenters. The second-order valence-corrected chi connectivity index (χ2v) is 4.33. The van der Waals surface area contributed by atoms with Gasteiger partial charge in [0.25, 0.3) is 0 Å². The normalized spacial score (nSPS) is 13.9. The molecule has 0 aliphatic heterocycles. The minimum absolute atomic E-state index is 0.295. The molecule has 0 saturated heterocycles. The first-order valence-electron chi connectivity index (χ1n) is 5.61. The lowest BCUT2D eigenvalue weighted by atomic mass is 10.1. The van der Waals surface area contributed by atoms with Gasteiger partial charge < -0.3 is 15.3 Å². The van der Waals surface area contributed by atoms with E-state index < -0.39 is 0 Å². The van der Waals surface area contributed by atoms with Gasteiger partial charge in [-0.05, 0) is 39.8 Å². The van der Waals surface area contributed by atoms with E-state index in [9.17, 15) is 0 Å². The van der Waals surface area contributed by atoms with Crippen molar-refractivity contribution < 1.29 is 5.11 Å². The number of hydrogen-bond donors (Lipinski definition) is 2. The highest BCUT2D eigenvalue weighted by molar-refractivity contribution is 4.67. The maximum atomic E-state index is 8.80. The van der Waals surface area contributed by atoms with Gasteiger partial charge in [-0.3, -0.25) is 0 Å². The molecular weight excluding hydrogens is 176 g/mol. The van der Waals surface area contributed by atoms with Crippen molar-refractivity contribution in [2.75, 3.05) is 33.3 Å². The van der Waals surface area contributed by atoms with E-state index in [0.717, 1.165) is 26.1 Å². The summed E-state index contributed by atoms with van der Waals surface area (Å²) in [6, 6.07) is 0.570. The second-order valence-electron chi connectivity index (χ2n) is 4.33. The van der Waals surface area contributed by atoms with E-state index in [1.165, 1.54) is 0 Å². The molecule has 2 N–H and O–H groups in total. The molecule has 14 heavy (non-hydrogen) atoms. The third kappa shape index (κ3) is 6.35. The van der Waals surface area contributed by atoms with Gasteiger partial charge in [0.15, 0.2) is 0 Å². The van der Waals surface area contributed by atoms with Gasteiger partial charge in [-0.25, -0.2) is 0 Å². The minimum atomic E-state index is 0.295. The average Bonchev–Trinajstić information content (AvgIpc) is 2.12. The minimum Gasteiger partial charge on any atom is -0.396 e. The number of hydrogen-bond acceptors (Lipinski definition) is 3. The van der Waals surface area contributed by atoms with Crippen LogP contribution in [0, 0.1) is 5.92 Å². The molecular formula is C11H26N2O. The molecule has 0 aromatic rings. The highest BCUT2D eigenvalue weighted by Gasteiger charge is 2.12. The summed E-state index contributed by atoms with van der Waals surface area (Å²) < 4.78 is 0. The summed E-state index contributed by atoms with van der Waals surface area (Å²) >= 11 is 0. The van der Waals surface area contributed by atoms with Crippen LogP contribution in [0.15, 0.2) is 0 Å². The monoisotopic (exact) mass is 202 g/mol. The molecule has 0 fully saturated rings. The fourth-order valence-corrected chi connectivity index (χ4v) is 1.65. The Hall–Kier alpha value is -0.120. The zero-order chi connectivity index (χ0) is 11.0. The van der Waals surface area contributed by atoms with Crippen LogP contribution in [-0.4, -0.2) is 49.3 Å². The lowest BCUT2D eigenvalue weighted by Gasteiger charge is -2.29. The van der Waals surface area contributed by atoms with Gasteiger partial charge in [0.05, 0.1) is 0 Å². The van der Waals surface area contributed by atoms with Gasteiger partial charge in [-0.1, -0.05) is 6.92 Å². The van der Waals surface area contributed by atoms with Crippen LogP contribution in [-0.2, 0) is 0 Å². The number of aliphatic hydroxyl groups excluding tert-OH is 1. The SMILES string of the molecule is CNCC(C)CN(CCCO)C(C)C. The predicted octanol–water partition coefficient (Wildman–Crippen LogP) is 0.935. The maximum Gasteiger partial charge on any atom is 0.0443 e. The lowest BCUT2D eigenvalue weighted by molar-refractivity contribution is 0.170. The first-order valence-corrected chi connectivity index (χ1v) is 5.61. The Morgan fingerprint density at radius 3 is 2.36 bits per heavy atom. The Kier molecular flexibility index (Phi) is 8.14. The van der Waals surface area contributed by atoms with Crippen molar-refractivity contribution >= 4 is 0 Å². The first kappa shape index (κ1) is 13.9. The zero-order valence-electron chi connectivity index (χ0n) is 10.1. The van der Waals surface area contributed by atoms with Crippen LogP contribution < -0.4 is 5.32 Å². The van der Waals surface area contributed by atoms with E-state index in [1.54, 1.807) is 0 Å². The molecule has 0 heterocycles. The highest BCUT2D eigenvalue weighted by atomic mass is 16.3. The van der Waals surface area contributed by atoms with Gasteiger partial charge in [0.2, 0.25) is 0 Å². The summed E-state index contributed by atoms with van der Waals surface area (Å²) in [4.78, 5) is 2.43. The van der Waals surface area contributed by atoms with Crippen molar-refractivity contribution in [3.63, 3.8) is 0 Å². The Balaban J connectivity index is 3.82. The number of rotatable bonds is 8. The van der Waals surface area contributed by atoms with E-state index in [0.29, 0.717) is 18.6 Å². The quantitative estimate of drug-likeness (QED) is 0.615. The van der Waals surface area contributed by atoms with Crippen molar-refractivity contribution in [2.24, 2.45) is 5.92 Å². The van der Waals surface area contributed by atoms with Gasteiger partial charge >= 0.3 is 0 Å². The molecule has 0 amide bonds. The Morgan fingerprint density at radius 2 is 1.93 bits per heavy atom. The highest BCUT2D eigenvalue weighted by Crippen LogP contribution is 2.04. The molecule has 0 aromatic carbocycles. The largest absolute Gasteiger partial charge is 0.396 e. The Bertz CT molecular complexity index is 128. The van der Waals surface area contributed by atoms with E-state index in [-0.39, 0.29) is 0 Å². The molecule has 3 heteroatoms. The summed E-state index contributed by atoms with van der Waals surface area (Å²) in [6.45, 7) is 10.1. The van der Waals surface area contributed by atoms with Crippen molar-refractivity contribution in [3.8, 4) is 0 Å². The van der Waals surface area contributed by atoms with Gasteiger partial charge in [0.1, 0.15) is 0 Å². The van der Waals surface area contributed by atoms with E-state index in [1.807, 2.05) is 7.05 Å². The molecule has 0 radical (unpaired) electrons. The van der Waals surface area contributed by atoms with Crippen molar-refractivity contribution in [3.05, 3.63) is 0 Å². The molecule has 0 saturated carbocycles. The van der Waals surface area contributed by atoms with Crippen LogP contribution in [0.25, 0.3) is 0 Å². The topological polar surface area (TPSA) is 35.5 Å². The second kappa shape index (κ2) is 8.21. The van der Waals surface area contributed by atoms with Crippen LogP contribution in [0.5, 0.6) is 0 Å². The molecule has 0 aliphatic carbocycles. The molecule has 0 rings (SSSR count). The summed E-state index contributed by atoms with van der Waals surface area (Å²) in [7, 11) is 1.99. The van der Waals surface area contributed by atoms with Crippen molar-refractivity contribution in [2.45, 2.75) is 33.2 Å². The van der Waals surface area contributed by atoms with Gasteiger partial charge in [-0.15, -0.1) is 0 Å². The molecule has 0 bridgehead atoms. The number of nitrogens with one attached hydrogen (secondary N) is 1. The standard InChI is InChI=1S/C11H26N2O/c1-10(2)13(6-5-7-14)9-11(3)8-12-4/h10-12,14H,5-9H2,1-4H3. The van der Waals surface area contributed by atoms with E-state index >= 15 is 0 Å². The summed E-state index contributed by atoms with van der Waals surface area (Å²) in [5.74, 6) is 0.668. The molecule has 0 spiro atoms. The van der Waals surface area contributed by atoms with Gasteiger partial charge in [0, 0.05) is 25.7 Å². The number of nitrogens with zero attached hydrogens (tertiary/aromatic N) is 1. The number of aliphatic hydroxyl groups is 1. The average molecular weight is 202 g/mol. The lowest BCUT2D eigenvalue weighted by Crippen LogP contribution is -2.38. The molecule has 86 valence electrons. The fourth-order valence-electron chi connectivity index (χ4n) is 1.65. The molecule has 0 aliphatic rings. The molecule has 3 nitrogen and oxygen atoms in total. The Labute approximate surface area is 88.5 Å². The molecule has 1 unspecified atom stereocenters. The fraction of sp³-hybridized carbons (Fsp3) is 1.00. The third-order valence-corrected chi connectivity index (χ3v) is 2.43. The summed E-state index contributed by atoms with van der Waals surface area (Å²) in [5, 5.41) is 12.0. The van der Waals surface area contributed by atoms with Crippen LogP contribution in [0.4, 0.5) is 0 Å². The maximum absolute atomic E-state index is 8.80. The zero-order valence-corrected chi connectivity index (χ0v) is 10.1. The van der Waals surface area contributed by atoms with Crippen LogP contribution in [0.1, 0.15) is 27.2 Å². The smallest absolute Gasteiger partial charge is 0.0443 e. The summed E-state index contributed by atoms with van der Waals surface area (Å²) in [6.07, 6.45) is 0.879. The first-order chi connectivity index (χ1) is 6.61. The summed E-state index contributed by atoms with van der Waals surface area (Å²) in [5.41, 5.74) is 0. The van der Waals surface area contributed by atoms with E-state index in [2.05, 4.69) is 31.0 Å². The van der Waals surface area contributed by atoms with Crippen LogP contribution in [0.3, 0.4) is 0 Å². The third-order valence-electron chi connectivity index (χ3n) is 2.43. The predicted molar refractivity (Wildman–Crippen MR) is 61.5 cm³/mol. The Morgan fingerprint density at radius 1 is 1.29 bits per heavy atom. The van der Waals surface area contributed by atoms with Crippen molar-refractivity contribution in [1.82, 2.24) is 10.2 Å². The van der Waals surface area contributed by atoms with Crippen LogP contribution in [0.2, 0.25) is 0 Å². The van der Waals surface area contributed by atoms with Crippen molar-refractivity contribution in [1.29, 1.82) is 0 Å².